The molecule has 0 aromatic heterocycles. The van der Waals surface area contributed by atoms with Crippen molar-refractivity contribution in [1.82, 2.24) is 0 Å². The predicted octanol–water partition coefficient (Wildman–Crippen LogP) is 3.32. The van der Waals surface area contributed by atoms with Crippen LogP contribution < -0.4 is 0 Å². The van der Waals surface area contributed by atoms with E-state index in [9.17, 15) is 0 Å². The molecular formula is C14H24O2. The first-order chi connectivity index (χ1) is 7.44. The van der Waals surface area contributed by atoms with Crippen LogP contribution in [0.3, 0.4) is 0 Å². The second-order valence-electron chi connectivity index (χ2n) is 5.93. The van der Waals surface area contributed by atoms with E-state index in [2.05, 4.69) is 33.8 Å². The Balaban J connectivity index is 2.14. The summed E-state index contributed by atoms with van der Waals surface area (Å²) in [6, 6.07) is 0. The summed E-state index contributed by atoms with van der Waals surface area (Å²) in [5.41, 5.74) is 1.71. The van der Waals surface area contributed by atoms with Gasteiger partial charge >= 0.3 is 0 Å². The van der Waals surface area contributed by atoms with Crippen molar-refractivity contribution in [2.24, 2.45) is 5.41 Å². The molecule has 0 radical (unpaired) electrons. The number of methoxy groups -OCH3 is 1. The minimum atomic E-state index is 0.0119. The van der Waals surface area contributed by atoms with Crippen molar-refractivity contribution in [2.45, 2.75) is 64.8 Å². The molecule has 2 aliphatic rings. The molecule has 1 aliphatic heterocycles. The van der Waals surface area contributed by atoms with Gasteiger partial charge in [0.1, 0.15) is 5.60 Å². The van der Waals surface area contributed by atoms with Crippen LogP contribution in [0.2, 0.25) is 0 Å². The van der Waals surface area contributed by atoms with Crippen LogP contribution in [0, 0.1) is 5.41 Å². The molecule has 1 saturated heterocycles. The van der Waals surface area contributed by atoms with Crippen LogP contribution in [-0.4, -0.2) is 24.9 Å². The Morgan fingerprint density at radius 3 is 2.81 bits per heavy atom. The van der Waals surface area contributed by atoms with Gasteiger partial charge in [0, 0.05) is 18.9 Å². The molecule has 1 heterocycles. The molecular weight excluding hydrogens is 200 g/mol. The average Bonchev–Trinajstić information content (AvgIpc) is 2.91. The summed E-state index contributed by atoms with van der Waals surface area (Å²) in [4.78, 5) is 0. The molecule has 0 bridgehead atoms. The maximum absolute atomic E-state index is 6.10. The van der Waals surface area contributed by atoms with E-state index < -0.39 is 0 Å². The lowest BCUT2D eigenvalue weighted by atomic mass is 9.66. The molecule has 0 saturated carbocycles. The summed E-state index contributed by atoms with van der Waals surface area (Å²) in [6.07, 6.45) is 6.41. The van der Waals surface area contributed by atoms with E-state index in [1.807, 2.05) is 0 Å². The molecule has 0 aromatic carbocycles. The second kappa shape index (κ2) is 3.85. The van der Waals surface area contributed by atoms with Gasteiger partial charge in [-0.05, 0) is 32.3 Å². The van der Waals surface area contributed by atoms with Gasteiger partial charge in [0.15, 0.2) is 0 Å². The third-order valence-corrected chi connectivity index (χ3v) is 4.48. The number of epoxide rings is 1. The van der Waals surface area contributed by atoms with Crippen molar-refractivity contribution in [3.63, 3.8) is 0 Å². The first-order valence-electron chi connectivity index (χ1n) is 6.32. The highest BCUT2D eigenvalue weighted by atomic mass is 16.6. The first-order valence-corrected chi connectivity index (χ1v) is 6.32. The summed E-state index contributed by atoms with van der Waals surface area (Å²) in [5.74, 6) is 0. The Morgan fingerprint density at radius 1 is 1.56 bits per heavy atom. The van der Waals surface area contributed by atoms with Gasteiger partial charge < -0.3 is 9.47 Å². The van der Waals surface area contributed by atoms with E-state index in [1.54, 1.807) is 7.11 Å². The second-order valence-corrected chi connectivity index (χ2v) is 5.93. The Kier molecular flexibility index (Phi) is 2.92. The van der Waals surface area contributed by atoms with Crippen LogP contribution in [0.5, 0.6) is 0 Å². The molecule has 3 unspecified atom stereocenters. The third-order valence-electron chi connectivity index (χ3n) is 4.48. The minimum Gasteiger partial charge on any atom is -0.382 e. The molecule has 92 valence electrons. The quantitative estimate of drug-likeness (QED) is 0.542. The molecule has 0 N–H and O–H groups in total. The van der Waals surface area contributed by atoms with Crippen molar-refractivity contribution < 1.29 is 9.47 Å². The number of ether oxygens (including phenoxy) is 2. The van der Waals surface area contributed by atoms with E-state index in [0.29, 0.717) is 6.10 Å². The van der Waals surface area contributed by atoms with Gasteiger partial charge in [-0.25, -0.2) is 0 Å². The summed E-state index contributed by atoms with van der Waals surface area (Å²) in [7, 11) is 1.77. The Labute approximate surface area is 99.0 Å². The lowest BCUT2D eigenvalue weighted by Crippen LogP contribution is -2.39. The van der Waals surface area contributed by atoms with Gasteiger partial charge in [-0.2, -0.15) is 0 Å². The lowest BCUT2D eigenvalue weighted by molar-refractivity contribution is 0.103. The predicted molar refractivity (Wildman–Crippen MR) is 65.5 cm³/mol. The van der Waals surface area contributed by atoms with Crippen molar-refractivity contribution in [3.8, 4) is 0 Å². The molecule has 0 aromatic rings. The van der Waals surface area contributed by atoms with Crippen molar-refractivity contribution >= 4 is 0 Å². The lowest BCUT2D eigenvalue weighted by Gasteiger charge is -2.37. The maximum atomic E-state index is 6.10. The van der Waals surface area contributed by atoms with Crippen LogP contribution >= 0.6 is 0 Å². The normalized spacial score (nSPS) is 38.3. The van der Waals surface area contributed by atoms with Gasteiger partial charge in [0.25, 0.3) is 0 Å². The summed E-state index contributed by atoms with van der Waals surface area (Å²) in [6.45, 7) is 9.00. The number of allylic oxidation sites excluding steroid dienone is 1. The highest BCUT2D eigenvalue weighted by molar-refractivity contribution is 5.33. The largest absolute Gasteiger partial charge is 0.382 e. The molecule has 1 spiro atoms. The smallest absolute Gasteiger partial charge is 0.121 e. The van der Waals surface area contributed by atoms with Crippen LogP contribution in [0.4, 0.5) is 0 Å². The first kappa shape index (κ1) is 12.1. The number of hydrogen-bond donors (Lipinski definition) is 0. The molecule has 1 aliphatic carbocycles. The van der Waals surface area contributed by atoms with Gasteiger partial charge in [0.2, 0.25) is 0 Å². The maximum Gasteiger partial charge on any atom is 0.121 e. The molecule has 0 amide bonds. The van der Waals surface area contributed by atoms with Gasteiger partial charge in [0.05, 0.1) is 12.2 Å². The zero-order chi connectivity index (χ0) is 12.0. The van der Waals surface area contributed by atoms with E-state index in [1.165, 1.54) is 18.4 Å². The van der Waals surface area contributed by atoms with Crippen molar-refractivity contribution in [3.05, 3.63) is 11.6 Å². The van der Waals surface area contributed by atoms with Crippen LogP contribution in [-0.2, 0) is 9.47 Å². The van der Waals surface area contributed by atoms with E-state index in [0.717, 1.165) is 6.42 Å². The summed E-state index contributed by atoms with van der Waals surface area (Å²) < 4.78 is 11.4. The highest BCUT2D eigenvalue weighted by Gasteiger charge is 2.66. The molecule has 2 rings (SSSR count). The topological polar surface area (TPSA) is 21.8 Å². The number of rotatable bonds is 3. The Morgan fingerprint density at radius 2 is 2.25 bits per heavy atom. The van der Waals surface area contributed by atoms with E-state index in [4.69, 9.17) is 9.47 Å². The molecule has 2 nitrogen and oxygen atoms in total. The summed E-state index contributed by atoms with van der Waals surface area (Å²) in [5, 5.41) is 0. The van der Waals surface area contributed by atoms with Crippen molar-refractivity contribution in [2.75, 3.05) is 7.11 Å². The van der Waals surface area contributed by atoms with Crippen molar-refractivity contribution in [1.29, 1.82) is 0 Å². The molecule has 2 heteroatoms. The number of hydrogen-bond acceptors (Lipinski definition) is 2. The summed E-state index contributed by atoms with van der Waals surface area (Å²) >= 11 is 0. The van der Waals surface area contributed by atoms with Gasteiger partial charge in [-0.1, -0.05) is 19.9 Å². The standard InChI is InChI=1S/C14H24O2/c1-10-7-6-8-13(3,4)14(10)12(16-14)9-11(2)15-5/h7,11-12H,6,8-9H2,1-5H3. The molecule has 3 atom stereocenters. The fourth-order valence-electron chi connectivity index (χ4n) is 3.26. The van der Waals surface area contributed by atoms with Gasteiger partial charge in [-0.3, -0.25) is 0 Å². The highest BCUT2D eigenvalue weighted by Crippen LogP contribution is 2.60. The van der Waals surface area contributed by atoms with E-state index in [-0.39, 0.29) is 17.1 Å². The monoisotopic (exact) mass is 224 g/mol. The molecule has 1 fully saturated rings. The molecule has 16 heavy (non-hydrogen) atoms. The van der Waals surface area contributed by atoms with Crippen LogP contribution in [0.1, 0.15) is 47.0 Å². The van der Waals surface area contributed by atoms with Gasteiger partial charge in [-0.15, -0.1) is 0 Å². The van der Waals surface area contributed by atoms with Crippen LogP contribution in [0.15, 0.2) is 11.6 Å². The van der Waals surface area contributed by atoms with E-state index >= 15 is 0 Å². The average molecular weight is 224 g/mol. The minimum absolute atomic E-state index is 0.0119. The van der Waals surface area contributed by atoms with Crippen LogP contribution in [0.25, 0.3) is 0 Å². The zero-order valence-electron chi connectivity index (χ0n) is 11.2. The SMILES string of the molecule is COC(C)CC1OC12C(C)=CCCC2(C)C. The fourth-order valence-corrected chi connectivity index (χ4v) is 3.26. The fraction of sp³-hybridized carbons (Fsp3) is 0.857. The zero-order valence-corrected chi connectivity index (χ0v) is 11.2. The Hall–Kier alpha value is -0.340. The third kappa shape index (κ3) is 1.63. The Bertz CT molecular complexity index is 306.